The third-order valence-corrected chi connectivity index (χ3v) is 5.14. The van der Waals surface area contributed by atoms with Crippen molar-refractivity contribution in [2.75, 3.05) is 19.8 Å². The summed E-state index contributed by atoms with van der Waals surface area (Å²) >= 11 is 0. The SMILES string of the molecule is C=CCC(CCOCCO)N1C(=O)C2C3C=CC(C3)C2C1=O. The van der Waals surface area contributed by atoms with Gasteiger partial charge in [0.05, 0.1) is 25.0 Å². The van der Waals surface area contributed by atoms with Gasteiger partial charge in [0.2, 0.25) is 11.8 Å². The summed E-state index contributed by atoms with van der Waals surface area (Å²) in [5.41, 5.74) is 0. The van der Waals surface area contributed by atoms with Gasteiger partial charge in [0.25, 0.3) is 0 Å². The van der Waals surface area contributed by atoms with E-state index in [1.54, 1.807) is 6.08 Å². The van der Waals surface area contributed by atoms with Crippen LogP contribution < -0.4 is 0 Å². The van der Waals surface area contributed by atoms with Crippen LogP contribution >= 0.6 is 0 Å². The van der Waals surface area contributed by atoms with E-state index in [9.17, 15) is 9.59 Å². The maximum absolute atomic E-state index is 12.7. The highest BCUT2D eigenvalue weighted by Crippen LogP contribution is 2.53. The lowest BCUT2D eigenvalue weighted by molar-refractivity contribution is -0.143. The molecule has 0 spiro atoms. The van der Waals surface area contributed by atoms with Crippen LogP contribution in [0.3, 0.4) is 0 Å². The molecule has 5 nitrogen and oxygen atoms in total. The molecule has 0 aromatic heterocycles. The Labute approximate surface area is 130 Å². The Bertz CT molecular complexity index is 471. The predicted octanol–water partition coefficient (Wildman–Crippen LogP) is 1.14. The number of aliphatic hydroxyl groups excluding tert-OH is 1. The lowest BCUT2D eigenvalue weighted by atomic mass is 9.85. The van der Waals surface area contributed by atoms with E-state index in [1.165, 1.54) is 4.90 Å². The number of allylic oxidation sites excluding steroid dienone is 2. The van der Waals surface area contributed by atoms with Crippen molar-refractivity contribution in [3.8, 4) is 0 Å². The summed E-state index contributed by atoms with van der Waals surface area (Å²) in [4.78, 5) is 27.0. The molecule has 2 bridgehead atoms. The van der Waals surface area contributed by atoms with Crippen LogP contribution in [0.2, 0.25) is 0 Å². The van der Waals surface area contributed by atoms with Crippen LogP contribution in [0.15, 0.2) is 24.8 Å². The molecule has 2 amide bonds. The Morgan fingerprint density at radius 1 is 1.27 bits per heavy atom. The summed E-state index contributed by atoms with van der Waals surface area (Å²) in [5.74, 6) is 0.168. The zero-order valence-electron chi connectivity index (χ0n) is 12.7. The van der Waals surface area contributed by atoms with Crippen LogP contribution in [0.5, 0.6) is 0 Å². The van der Waals surface area contributed by atoms with E-state index in [0.717, 1.165) is 6.42 Å². The first-order valence-electron chi connectivity index (χ1n) is 8.03. The number of imide groups is 1. The predicted molar refractivity (Wildman–Crippen MR) is 80.7 cm³/mol. The minimum Gasteiger partial charge on any atom is -0.394 e. The van der Waals surface area contributed by atoms with E-state index in [0.29, 0.717) is 19.4 Å². The van der Waals surface area contributed by atoms with E-state index in [-0.39, 0.29) is 54.7 Å². The van der Waals surface area contributed by atoms with Gasteiger partial charge in [0, 0.05) is 12.6 Å². The summed E-state index contributed by atoms with van der Waals surface area (Å²) in [6.45, 7) is 4.42. The van der Waals surface area contributed by atoms with Gasteiger partial charge in [-0.2, -0.15) is 0 Å². The van der Waals surface area contributed by atoms with Crippen LogP contribution in [0, 0.1) is 23.7 Å². The fraction of sp³-hybridized carbons (Fsp3) is 0.647. The van der Waals surface area contributed by atoms with Gasteiger partial charge < -0.3 is 9.84 Å². The van der Waals surface area contributed by atoms with Gasteiger partial charge in [-0.25, -0.2) is 0 Å². The number of amides is 2. The Morgan fingerprint density at radius 3 is 2.45 bits per heavy atom. The molecular weight excluding hydrogens is 282 g/mol. The Balaban J connectivity index is 1.70. The average molecular weight is 305 g/mol. The summed E-state index contributed by atoms with van der Waals surface area (Å²) in [6.07, 6.45) is 8.08. The largest absolute Gasteiger partial charge is 0.394 e. The number of likely N-dealkylation sites (tertiary alicyclic amines) is 1. The topological polar surface area (TPSA) is 66.8 Å². The fourth-order valence-electron chi connectivity index (χ4n) is 4.22. The minimum atomic E-state index is -0.179. The smallest absolute Gasteiger partial charge is 0.233 e. The van der Waals surface area contributed by atoms with E-state index < -0.39 is 0 Å². The quantitative estimate of drug-likeness (QED) is 0.415. The second-order valence-corrected chi connectivity index (χ2v) is 6.35. The molecule has 22 heavy (non-hydrogen) atoms. The number of hydrogen-bond donors (Lipinski definition) is 1. The van der Waals surface area contributed by atoms with Crippen molar-refractivity contribution in [1.82, 2.24) is 4.90 Å². The molecule has 5 atom stereocenters. The zero-order chi connectivity index (χ0) is 15.7. The van der Waals surface area contributed by atoms with Crippen LogP contribution in [-0.4, -0.2) is 47.7 Å². The highest BCUT2D eigenvalue weighted by Gasteiger charge is 2.60. The molecule has 5 unspecified atom stereocenters. The van der Waals surface area contributed by atoms with Gasteiger partial charge >= 0.3 is 0 Å². The maximum atomic E-state index is 12.7. The number of carbonyl (C=O) groups excluding carboxylic acids is 2. The van der Waals surface area contributed by atoms with Crippen molar-refractivity contribution in [2.24, 2.45) is 23.7 Å². The van der Waals surface area contributed by atoms with E-state index in [2.05, 4.69) is 18.7 Å². The van der Waals surface area contributed by atoms with Crippen LogP contribution in [0.4, 0.5) is 0 Å². The normalized spacial score (nSPS) is 33.6. The Morgan fingerprint density at radius 2 is 1.91 bits per heavy atom. The lowest BCUT2D eigenvalue weighted by Crippen LogP contribution is -2.42. The molecule has 3 aliphatic rings. The van der Waals surface area contributed by atoms with Crippen LogP contribution in [0.1, 0.15) is 19.3 Å². The van der Waals surface area contributed by atoms with Crippen LogP contribution in [-0.2, 0) is 14.3 Å². The minimum absolute atomic E-state index is 0.0131. The first kappa shape index (κ1) is 15.4. The van der Waals surface area contributed by atoms with Gasteiger partial charge in [-0.1, -0.05) is 18.2 Å². The summed E-state index contributed by atoms with van der Waals surface area (Å²) < 4.78 is 5.29. The lowest BCUT2D eigenvalue weighted by Gasteiger charge is -2.27. The molecule has 0 aromatic rings. The number of nitrogens with zero attached hydrogens (tertiary/aromatic N) is 1. The standard InChI is InChI=1S/C17H23NO4/c1-2-3-13(6-8-22-9-7-19)18-16(20)14-11-4-5-12(10-11)15(14)17(18)21/h2,4-5,11-15,19H,1,3,6-10H2. The van der Waals surface area contributed by atoms with E-state index in [1.807, 2.05) is 0 Å². The maximum Gasteiger partial charge on any atom is 0.233 e. The third-order valence-electron chi connectivity index (χ3n) is 5.14. The third kappa shape index (κ3) is 2.42. The number of aliphatic hydroxyl groups is 1. The molecule has 3 rings (SSSR count). The van der Waals surface area contributed by atoms with Crippen molar-refractivity contribution in [2.45, 2.75) is 25.3 Å². The number of hydrogen-bond acceptors (Lipinski definition) is 4. The molecule has 2 aliphatic carbocycles. The van der Waals surface area contributed by atoms with Crippen molar-refractivity contribution in [3.63, 3.8) is 0 Å². The molecule has 5 heteroatoms. The van der Waals surface area contributed by atoms with E-state index in [4.69, 9.17) is 9.84 Å². The second-order valence-electron chi connectivity index (χ2n) is 6.35. The molecule has 1 N–H and O–H groups in total. The number of ether oxygens (including phenoxy) is 1. The zero-order valence-corrected chi connectivity index (χ0v) is 12.7. The highest BCUT2D eigenvalue weighted by molar-refractivity contribution is 6.06. The van der Waals surface area contributed by atoms with Crippen molar-refractivity contribution < 1.29 is 19.4 Å². The number of rotatable bonds is 8. The van der Waals surface area contributed by atoms with Crippen molar-refractivity contribution in [1.29, 1.82) is 0 Å². The van der Waals surface area contributed by atoms with Crippen molar-refractivity contribution >= 4 is 11.8 Å². The van der Waals surface area contributed by atoms with Crippen molar-refractivity contribution in [3.05, 3.63) is 24.8 Å². The summed E-state index contributed by atoms with van der Waals surface area (Å²) in [5, 5.41) is 8.74. The summed E-state index contributed by atoms with van der Waals surface area (Å²) in [6, 6.07) is -0.179. The molecule has 0 radical (unpaired) electrons. The second kappa shape index (κ2) is 6.34. The van der Waals surface area contributed by atoms with Gasteiger partial charge in [-0.05, 0) is 31.1 Å². The number of fused-ring (bicyclic) bond motifs is 5. The molecule has 120 valence electrons. The fourth-order valence-corrected chi connectivity index (χ4v) is 4.22. The Hall–Kier alpha value is -1.46. The first-order valence-corrected chi connectivity index (χ1v) is 8.03. The van der Waals surface area contributed by atoms with Gasteiger partial charge in [-0.3, -0.25) is 14.5 Å². The monoisotopic (exact) mass is 305 g/mol. The molecule has 0 aromatic carbocycles. The van der Waals surface area contributed by atoms with Gasteiger partial charge in [0.15, 0.2) is 0 Å². The molecule has 2 fully saturated rings. The molecular formula is C17H23NO4. The molecule has 1 heterocycles. The first-order chi connectivity index (χ1) is 10.7. The number of carbonyl (C=O) groups is 2. The molecule has 1 saturated heterocycles. The van der Waals surface area contributed by atoms with Gasteiger partial charge in [-0.15, -0.1) is 6.58 Å². The molecule has 1 aliphatic heterocycles. The van der Waals surface area contributed by atoms with E-state index >= 15 is 0 Å². The highest BCUT2D eigenvalue weighted by atomic mass is 16.5. The summed E-state index contributed by atoms with van der Waals surface area (Å²) in [7, 11) is 0. The molecule has 1 saturated carbocycles. The average Bonchev–Trinajstić information content (AvgIpc) is 3.17. The van der Waals surface area contributed by atoms with Gasteiger partial charge in [0.1, 0.15) is 0 Å². The Kier molecular flexibility index (Phi) is 4.45. The van der Waals surface area contributed by atoms with Crippen LogP contribution in [0.25, 0.3) is 0 Å².